The maximum Gasteiger partial charge on any atom is 0.251 e. The van der Waals surface area contributed by atoms with Crippen molar-refractivity contribution in [2.45, 2.75) is 24.8 Å². The highest BCUT2D eigenvalue weighted by molar-refractivity contribution is 7.10. The molecule has 3 heterocycles. The summed E-state index contributed by atoms with van der Waals surface area (Å²) in [4.78, 5) is 41.2. The molecule has 208 valence electrons. The van der Waals surface area contributed by atoms with Crippen molar-refractivity contribution in [3.05, 3.63) is 81.8 Å². The maximum atomic E-state index is 14.7. The number of benzene rings is 2. The summed E-state index contributed by atoms with van der Waals surface area (Å²) in [7, 11) is 0. The predicted octanol–water partition coefficient (Wildman–Crippen LogP) is 2.23. The molecule has 1 aromatic heterocycles. The monoisotopic (exact) mass is 565 g/mol. The molecule has 40 heavy (non-hydrogen) atoms. The van der Waals surface area contributed by atoms with Crippen LogP contribution in [0.1, 0.15) is 27.2 Å². The highest BCUT2D eigenvalue weighted by atomic mass is 32.1. The Morgan fingerprint density at radius 3 is 2.50 bits per heavy atom. The van der Waals surface area contributed by atoms with E-state index in [2.05, 4.69) is 10.6 Å². The third kappa shape index (κ3) is 5.88. The number of carbonyl (C=O) groups is 3. The molecule has 2 aliphatic heterocycles. The van der Waals surface area contributed by atoms with E-state index >= 15 is 0 Å². The molecule has 12 heteroatoms. The normalized spacial score (nSPS) is 17.6. The number of amidine groups is 1. The van der Waals surface area contributed by atoms with Crippen LogP contribution in [0.2, 0.25) is 0 Å². The lowest BCUT2D eigenvalue weighted by Crippen LogP contribution is -2.49. The third-order valence-electron chi connectivity index (χ3n) is 6.85. The van der Waals surface area contributed by atoms with Gasteiger partial charge in [-0.3, -0.25) is 19.8 Å². The Labute approximate surface area is 233 Å². The molecule has 3 aromatic rings. The van der Waals surface area contributed by atoms with Crippen molar-refractivity contribution in [2.24, 2.45) is 5.73 Å². The fourth-order valence-corrected chi connectivity index (χ4v) is 5.64. The van der Waals surface area contributed by atoms with Gasteiger partial charge in [-0.25, -0.2) is 4.39 Å². The van der Waals surface area contributed by atoms with Gasteiger partial charge in [0.25, 0.3) is 5.91 Å². The lowest BCUT2D eigenvalue weighted by atomic mass is 10.0. The maximum absolute atomic E-state index is 14.7. The summed E-state index contributed by atoms with van der Waals surface area (Å²) < 4.78 is 26.2. The standard InChI is InChI=1S/C28H28FN5O5S/c29-22-11-18(6-7-21(22)17-4-2-1-3-5-17)26(36)33-14-24(35)34-16-28(38-8-9-39-28)12-23(34)27(37)32-13-20-10-19(15-40-20)25(30)31/h1-7,10-11,15,23H,8-9,12-14,16H2,(H3,30,31)(H,32,37)(H,33,36). The van der Waals surface area contributed by atoms with Crippen LogP contribution in [0.3, 0.4) is 0 Å². The molecule has 1 atom stereocenters. The molecule has 5 rings (SSSR count). The second-order valence-electron chi connectivity index (χ2n) is 9.53. The highest BCUT2D eigenvalue weighted by Gasteiger charge is 2.52. The molecular formula is C28H28FN5O5S. The first-order chi connectivity index (χ1) is 19.2. The fraction of sp³-hybridized carbons (Fsp3) is 0.286. The second kappa shape index (κ2) is 11.5. The number of nitrogen functional groups attached to an aromatic ring is 1. The van der Waals surface area contributed by atoms with Crippen LogP contribution in [0.4, 0.5) is 4.39 Å². The van der Waals surface area contributed by atoms with Crippen molar-refractivity contribution in [1.29, 1.82) is 5.41 Å². The number of nitrogens with one attached hydrogen (secondary N) is 3. The summed E-state index contributed by atoms with van der Waals surface area (Å²) >= 11 is 1.36. The third-order valence-corrected chi connectivity index (χ3v) is 7.78. The Morgan fingerprint density at radius 2 is 1.82 bits per heavy atom. The van der Waals surface area contributed by atoms with E-state index in [1.165, 1.54) is 28.4 Å². The summed E-state index contributed by atoms with van der Waals surface area (Å²) in [6, 6.07) is 14.0. The fourth-order valence-electron chi connectivity index (χ4n) is 4.82. The zero-order valence-electron chi connectivity index (χ0n) is 21.4. The average molecular weight is 566 g/mol. The van der Waals surface area contributed by atoms with Crippen LogP contribution in [0, 0.1) is 11.2 Å². The smallest absolute Gasteiger partial charge is 0.251 e. The highest BCUT2D eigenvalue weighted by Crippen LogP contribution is 2.35. The summed E-state index contributed by atoms with van der Waals surface area (Å²) in [6.07, 6.45) is 0.147. The molecule has 1 unspecified atom stereocenters. The van der Waals surface area contributed by atoms with Crippen LogP contribution >= 0.6 is 11.3 Å². The SMILES string of the molecule is N=C(N)c1csc(CNC(=O)C2CC3(CN2C(=O)CNC(=O)c2ccc(-c4ccccc4)c(F)c2)OCCO3)c1. The first-order valence-electron chi connectivity index (χ1n) is 12.6. The van der Waals surface area contributed by atoms with Crippen LogP contribution < -0.4 is 16.4 Å². The average Bonchev–Trinajstić information content (AvgIpc) is 3.71. The largest absolute Gasteiger partial charge is 0.384 e. The molecule has 0 saturated carbocycles. The van der Waals surface area contributed by atoms with E-state index in [1.807, 2.05) is 6.07 Å². The minimum atomic E-state index is -1.08. The van der Waals surface area contributed by atoms with Crippen LogP contribution in [-0.2, 0) is 25.6 Å². The van der Waals surface area contributed by atoms with E-state index in [0.717, 1.165) is 10.9 Å². The van der Waals surface area contributed by atoms with Crippen LogP contribution in [0.15, 0.2) is 60.0 Å². The number of thiophene rings is 1. The molecule has 10 nitrogen and oxygen atoms in total. The predicted molar refractivity (Wildman–Crippen MR) is 146 cm³/mol. The van der Waals surface area contributed by atoms with Crippen molar-refractivity contribution < 1.29 is 28.2 Å². The summed E-state index contributed by atoms with van der Waals surface area (Å²) in [5.41, 5.74) is 7.20. The van der Waals surface area contributed by atoms with Gasteiger partial charge in [0.15, 0.2) is 5.79 Å². The molecule has 0 radical (unpaired) electrons. The topological polar surface area (TPSA) is 147 Å². The molecule has 1 spiro atoms. The van der Waals surface area contributed by atoms with Crippen molar-refractivity contribution in [3.8, 4) is 11.1 Å². The summed E-state index contributed by atoms with van der Waals surface area (Å²) in [5, 5.41) is 14.6. The van der Waals surface area contributed by atoms with Gasteiger partial charge in [-0.1, -0.05) is 36.4 Å². The molecule has 2 aromatic carbocycles. The number of halogens is 1. The molecule has 5 N–H and O–H groups in total. The van der Waals surface area contributed by atoms with Crippen LogP contribution in [0.5, 0.6) is 0 Å². The molecule has 0 aliphatic carbocycles. The minimum Gasteiger partial charge on any atom is -0.384 e. The van der Waals surface area contributed by atoms with E-state index in [9.17, 15) is 18.8 Å². The number of nitrogens with zero attached hydrogens (tertiary/aromatic N) is 1. The lowest BCUT2D eigenvalue weighted by molar-refractivity contribution is -0.152. The Balaban J connectivity index is 1.22. The van der Waals surface area contributed by atoms with E-state index < -0.39 is 41.9 Å². The Morgan fingerprint density at radius 1 is 1.07 bits per heavy atom. The lowest BCUT2D eigenvalue weighted by Gasteiger charge is -2.24. The number of amides is 3. The van der Waals surface area contributed by atoms with Gasteiger partial charge >= 0.3 is 0 Å². The van der Waals surface area contributed by atoms with Gasteiger partial charge in [-0.2, -0.15) is 0 Å². The van der Waals surface area contributed by atoms with Gasteiger partial charge in [0.05, 0.1) is 32.8 Å². The van der Waals surface area contributed by atoms with Gasteiger partial charge in [0.2, 0.25) is 11.8 Å². The van der Waals surface area contributed by atoms with Crippen molar-refractivity contribution in [1.82, 2.24) is 15.5 Å². The first-order valence-corrected chi connectivity index (χ1v) is 13.5. The Bertz CT molecular complexity index is 1440. The van der Waals surface area contributed by atoms with E-state index in [4.69, 9.17) is 20.6 Å². The van der Waals surface area contributed by atoms with Gasteiger partial charge in [0.1, 0.15) is 17.7 Å². The summed E-state index contributed by atoms with van der Waals surface area (Å²) in [6.45, 7) is 0.536. The van der Waals surface area contributed by atoms with E-state index in [0.29, 0.717) is 29.9 Å². The van der Waals surface area contributed by atoms with Crippen LogP contribution in [-0.4, -0.2) is 66.6 Å². The van der Waals surface area contributed by atoms with Crippen molar-refractivity contribution in [2.75, 3.05) is 26.3 Å². The number of hydrogen-bond acceptors (Lipinski definition) is 7. The number of hydrogen-bond donors (Lipinski definition) is 4. The second-order valence-corrected chi connectivity index (χ2v) is 10.5. The molecule has 3 amide bonds. The zero-order valence-corrected chi connectivity index (χ0v) is 22.3. The summed E-state index contributed by atoms with van der Waals surface area (Å²) in [5.74, 6) is -3.21. The molecule has 2 saturated heterocycles. The van der Waals surface area contributed by atoms with Crippen molar-refractivity contribution in [3.63, 3.8) is 0 Å². The Kier molecular flexibility index (Phi) is 7.92. The van der Waals surface area contributed by atoms with Crippen molar-refractivity contribution >= 4 is 34.9 Å². The number of nitrogens with two attached hydrogens (primary N) is 1. The Hall–Kier alpha value is -4.13. The van der Waals surface area contributed by atoms with Gasteiger partial charge in [-0.05, 0) is 23.8 Å². The van der Waals surface area contributed by atoms with Gasteiger partial charge in [0, 0.05) is 33.4 Å². The molecule has 2 fully saturated rings. The number of carbonyl (C=O) groups excluding carboxylic acids is 3. The van der Waals surface area contributed by atoms with E-state index in [1.54, 1.807) is 35.7 Å². The number of likely N-dealkylation sites (tertiary alicyclic amines) is 1. The number of ether oxygens (including phenoxy) is 2. The molecule has 0 bridgehead atoms. The minimum absolute atomic E-state index is 0.0354. The van der Waals surface area contributed by atoms with Crippen LogP contribution in [0.25, 0.3) is 11.1 Å². The molecule has 2 aliphatic rings. The van der Waals surface area contributed by atoms with Gasteiger partial charge < -0.3 is 30.7 Å². The quantitative estimate of drug-likeness (QED) is 0.243. The van der Waals surface area contributed by atoms with E-state index in [-0.39, 0.29) is 30.9 Å². The zero-order chi connectivity index (χ0) is 28.3. The number of rotatable bonds is 8. The molecular weight excluding hydrogens is 537 g/mol. The van der Waals surface area contributed by atoms with Gasteiger partial charge in [-0.15, -0.1) is 11.3 Å². The first kappa shape index (κ1) is 27.4.